The maximum atomic E-state index is 12.3. The van der Waals surface area contributed by atoms with E-state index in [1.54, 1.807) is 0 Å². The quantitative estimate of drug-likeness (QED) is 0.812. The van der Waals surface area contributed by atoms with Crippen molar-refractivity contribution in [1.29, 1.82) is 0 Å². The molecule has 1 rings (SSSR count). The van der Waals surface area contributed by atoms with Crippen molar-refractivity contribution in [3.63, 3.8) is 0 Å². The van der Waals surface area contributed by atoms with Gasteiger partial charge in [-0.2, -0.15) is 0 Å². The molecule has 0 bridgehead atoms. The summed E-state index contributed by atoms with van der Waals surface area (Å²) in [5.41, 5.74) is 7.60. The Balaban J connectivity index is 2.80. The minimum Gasteiger partial charge on any atom is -0.360 e. The summed E-state index contributed by atoms with van der Waals surface area (Å²) in [6, 6.07) is 8.34. The molecule has 0 aromatic heterocycles. The highest BCUT2D eigenvalue weighted by atomic mass is 16.2. The third-order valence-corrected chi connectivity index (χ3v) is 3.80. The smallest absolute Gasteiger partial charge is 0.239 e. The molecule has 0 aliphatic heterocycles. The molecule has 0 aliphatic rings. The predicted molar refractivity (Wildman–Crippen MR) is 89.3 cm³/mol. The van der Waals surface area contributed by atoms with Crippen molar-refractivity contribution in [3.8, 4) is 0 Å². The Morgan fingerprint density at radius 3 is 2.29 bits per heavy atom. The molecule has 3 N–H and O–H groups in total. The average Bonchev–Trinajstić information content (AvgIpc) is 2.44. The Bertz CT molecular complexity index is 452. The lowest BCUT2D eigenvalue weighted by molar-refractivity contribution is -0.121. The molecule has 4 nitrogen and oxygen atoms in total. The van der Waals surface area contributed by atoms with Crippen molar-refractivity contribution in [2.75, 3.05) is 11.4 Å². The summed E-state index contributed by atoms with van der Waals surface area (Å²) in [5, 5.41) is 3.08. The summed E-state index contributed by atoms with van der Waals surface area (Å²) in [4.78, 5) is 14.4. The largest absolute Gasteiger partial charge is 0.360 e. The zero-order valence-corrected chi connectivity index (χ0v) is 13.9. The monoisotopic (exact) mass is 291 g/mol. The molecule has 0 atom stereocenters. The van der Waals surface area contributed by atoms with Gasteiger partial charge in [-0.3, -0.25) is 4.79 Å². The van der Waals surface area contributed by atoms with Gasteiger partial charge in [-0.05, 0) is 51.8 Å². The Kier molecular flexibility index (Phi) is 6.21. The van der Waals surface area contributed by atoms with E-state index in [-0.39, 0.29) is 17.5 Å². The standard InChI is InChI=1S/C17H29N3O/c1-6-17(4,5)19-16(21)12-20(13(2)3)15-9-7-14(11-18)8-10-15/h7-10,13H,6,11-12,18H2,1-5H3,(H,19,21). The van der Waals surface area contributed by atoms with Gasteiger partial charge < -0.3 is 16.0 Å². The van der Waals surface area contributed by atoms with E-state index in [2.05, 4.69) is 31.0 Å². The van der Waals surface area contributed by atoms with Crippen LogP contribution in [0.25, 0.3) is 0 Å². The number of benzene rings is 1. The summed E-state index contributed by atoms with van der Waals surface area (Å²) in [6.07, 6.45) is 0.908. The van der Waals surface area contributed by atoms with Gasteiger partial charge in [-0.15, -0.1) is 0 Å². The number of nitrogens with zero attached hydrogens (tertiary/aromatic N) is 1. The molecule has 0 heterocycles. The summed E-state index contributed by atoms with van der Waals surface area (Å²) < 4.78 is 0. The van der Waals surface area contributed by atoms with Crippen LogP contribution in [0.15, 0.2) is 24.3 Å². The Morgan fingerprint density at radius 1 is 1.29 bits per heavy atom. The van der Waals surface area contributed by atoms with Crippen molar-refractivity contribution >= 4 is 11.6 Å². The molecule has 118 valence electrons. The fourth-order valence-corrected chi connectivity index (χ4v) is 2.06. The molecule has 0 fully saturated rings. The number of nitrogens with one attached hydrogen (secondary N) is 1. The van der Waals surface area contributed by atoms with Gasteiger partial charge in [0.05, 0.1) is 6.54 Å². The molecule has 0 saturated carbocycles. The van der Waals surface area contributed by atoms with Gasteiger partial charge in [-0.1, -0.05) is 19.1 Å². The maximum absolute atomic E-state index is 12.3. The first-order valence-corrected chi connectivity index (χ1v) is 7.65. The Labute approximate surface area is 128 Å². The van der Waals surface area contributed by atoms with Crippen molar-refractivity contribution in [2.24, 2.45) is 5.73 Å². The van der Waals surface area contributed by atoms with Gasteiger partial charge in [0.25, 0.3) is 0 Å². The first-order chi connectivity index (χ1) is 9.79. The van der Waals surface area contributed by atoms with Gasteiger partial charge in [0.15, 0.2) is 0 Å². The first kappa shape index (κ1) is 17.5. The molecule has 0 saturated heterocycles. The minimum atomic E-state index is -0.164. The number of amides is 1. The Hall–Kier alpha value is -1.55. The van der Waals surface area contributed by atoms with Crippen LogP contribution in [0.4, 0.5) is 5.69 Å². The van der Waals surface area contributed by atoms with Gasteiger partial charge in [0.2, 0.25) is 5.91 Å². The lowest BCUT2D eigenvalue weighted by Crippen LogP contribution is -2.48. The molecule has 0 aliphatic carbocycles. The predicted octanol–water partition coefficient (Wildman–Crippen LogP) is 2.66. The van der Waals surface area contributed by atoms with Crippen LogP contribution in [-0.4, -0.2) is 24.0 Å². The molecule has 1 amide bonds. The van der Waals surface area contributed by atoms with Crippen LogP contribution < -0.4 is 16.0 Å². The number of anilines is 1. The maximum Gasteiger partial charge on any atom is 0.239 e. The number of carbonyl (C=O) groups excluding carboxylic acids is 1. The zero-order valence-electron chi connectivity index (χ0n) is 13.9. The van der Waals surface area contributed by atoms with Crippen molar-refractivity contribution in [1.82, 2.24) is 5.32 Å². The number of nitrogens with two attached hydrogens (primary N) is 1. The number of hydrogen-bond donors (Lipinski definition) is 2. The van der Waals surface area contributed by atoms with E-state index in [0.29, 0.717) is 13.1 Å². The first-order valence-electron chi connectivity index (χ1n) is 7.65. The van der Waals surface area contributed by atoms with Crippen LogP contribution in [0.1, 0.15) is 46.6 Å². The van der Waals surface area contributed by atoms with Crippen LogP contribution in [0.5, 0.6) is 0 Å². The average molecular weight is 291 g/mol. The van der Waals surface area contributed by atoms with E-state index in [0.717, 1.165) is 17.7 Å². The fraction of sp³-hybridized carbons (Fsp3) is 0.588. The third kappa shape index (κ3) is 5.38. The number of rotatable bonds is 7. The molecular formula is C17H29N3O. The normalized spacial score (nSPS) is 11.6. The van der Waals surface area contributed by atoms with Gasteiger partial charge >= 0.3 is 0 Å². The molecule has 4 heteroatoms. The van der Waals surface area contributed by atoms with E-state index in [1.165, 1.54) is 0 Å². The van der Waals surface area contributed by atoms with Crippen LogP contribution in [0.2, 0.25) is 0 Å². The van der Waals surface area contributed by atoms with Crippen LogP contribution in [-0.2, 0) is 11.3 Å². The van der Waals surface area contributed by atoms with E-state index in [1.807, 2.05) is 38.1 Å². The molecule has 21 heavy (non-hydrogen) atoms. The number of hydrogen-bond acceptors (Lipinski definition) is 3. The second-order valence-electron chi connectivity index (χ2n) is 6.38. The van der Waals surface area contributed by atoms with Gasteiger partial charge in [-0.25, -0.2) is 0 Å². The van der Waals surface area contributed by atoms with Gasteiger partial charge in [0.1, 0.15) is 0 Å². The van der Waals surface area contributed by atoms with E-state index < -0.39 is 0 Å². The highest BCUT2D eigenvalue weighted by molar-refractivity contribution is 5.82. The van der Waals surface area contributed by atoms with Crippen LogP contribution in [0, 0.1) is 0 Å². The van der Waals surface area contributed by atoms with Crippen molar-refractivity contribution in [3.05, 3.63) is 29.8 Å². The topological polar surface area (TPSA) is 58.4 Å². The molecule has 1 aromatic carbocycles. The van der Waals surface area contributed by atoms with Crippen molar-refractivity contribution in [2.45, 2.75) is 59.2 Å². The minimum absolute atomic E-state index is 0.0541. The lowest BCUT2D eigenvalue weighted by Gasteiger charge is -2.31. The summed E-state index contributed by atoms with van der Waals surface area (Å²) in [5.74, 6) is 0.0541. The highest BCUT2D eigenvalue weighted by Crippen LogP contribution is 2.18. The molecule has 1 aromatic rings. The second-order valence-corrected chi connectivity index (χ2v) is 6.38. The van der Waals surface area contributed by atoms with Crippen LogP contribution in [0.3, 0.4) is 0 Å². The van der Waals surface area contributed by atoms with Crippen molar-refractivity contribution < 1.29 is 4.79 Å². The zero-order chi connectivity index (χ0) is 16.0. The highest BCUT2D eigenvalue weighted by Gasteiger charge is 2.21. The molecule has 0 radical (unpaired) electrons. The van der Waals surface area contributed by atoms with Gasteiger partial charge in [0, 0.05) is 23.8 Å². The Morgan fingerprint density at radius 2 is 1.86 bits per heavy atom. The van der Waals surface area contributed by atoms with E-state index in [4.69, 9.17) is 5.73 Å². The summed E-state index contributed by atoms with van der Waals surface area (Å²) >= 11 is 0. The van der Waals surface area contributed by atoms with Crippen LogP contribution >= 0.6 is 0 Å². The van der Waals surface area contributed by atoms with E-state index >= 15 is 0 Å². The summed E-state index contributed by atoms with van der Waals surface area (Å²) in [7, 11) is 0. The third-order valence-electron chi connectivity index (χ3n) is 3.80. The molecule has 0 spiro atoms. The number of carbonyl (C=O) groups is 1. The fourth-order valence-electron chi connectivity index (χ4n) is 2.06. The lowest BCUT2D eigenvalue weighted by atomic mass is 10.0. The summed E-state index contributed by atoms with van der Waals surface area (Å²) in [6.45, 7) is 11.2. The van der Waals surface area contributed by atoms with E-state index in [9.17, 15) is 4.79 Å². The molecule has 0 unspecified atom stereocenters. The second kappa shape index (κ2) is 7.46. The SMILES string of the molecule is CCC(C)(C)NC(=O)CN(c1ccc(CN)cc1)C(C)C. The molecular weight excluding hydrogens is 262 g/mol.